The van der Waals surface area contributed by atoms with Crippen molar-refractivity contribution in [2.24, 2.45) is 17.6 Å². The average Bonchev–Trinajstić information content (AvgIpc) is 2.47. The highest BCUT2D eigenvalue weighted by Crippen LogP contribution is 2.26. The second kappa shape index (κ2) is 6.21. The fourth-order valence-corrected chi connectivity index (χ4v) is 2.32. The van der Waals surface area contributed by atoms with Gasteiger partial charge in [0, 0.05) is 23.1 Å². The number of hydrogen-bond acceptors (Lipinski definition) is 4. The van der Waals surface area contributed by atoms with E-state index >= 15 is 0 Å². The first-order chi connectivity index (χ1) is 9.99. The maximum Gasteiger partial charge on any atom is 0.248 e. The molecular formula is C15H15N2O4-. The zero-order valence-electron chi connectivity index (χ0n) is 11.2. The largest absolute Gasteiger partial charge is 0.550 e. The van der Waals surface area contributed by atoms with E-state index in [4.69, 9.17) is 5.73 Å². The maximum atomic E-state index is 12.2. The summed E-state index contributed by atoms with van der Waals surface area (Å²) in [6.07, 6.45) is 4.19. The predicted octanol–water partition coefficient (Wildman–Crippen LogP) is 0.0563. The Labute approximate surface area is 121 Å². The number of carbonyl (C=O) groups excluding carboxylic acids is 3. The number of carboxylic acid groups (broad SMARTS) is 1. The lowest BCUT2D eigenvalue weighted by Crippen LogP contribution is -2.41. The molecule has 6 heteroatoms. The number of allylic oxidation sites excluding steroid dienone is 2. The molecule has 0 saturated heterocycles. The molecule has 2 amide bonds. The number of hydrogen-bond donors (Lipinski definition) is 2. The van der Waals surface area contributed by atoms with E-state index in [1.165, 1.54) is 12.1 Å². The molecule has 1 aromatic rings. The summed E-state index contributed by atoms with van der Waals surface area (Å²) >= 11 is 0. The summed E-state index contributed by atoms with van der Waals surface area (Å²) < 4.78 is 0. The Hall–Kier alpha value is -2.63. The fraction of sp³-hybridized carbons (Fsp3) is 0.267. The van der Waals surface area contributed by atoms with Crippen molar-refractivity contribution in [1.29, 1.82) is 0 Å². The molecule has 0 radical (unpaired) electrons. The Bertz CT molecular complexity index is 592. The van der Waals surface area contributed by atoms with E-state index in [9.17, 15) is 19.5 Å². The van der Waals surface area contributed by atoms with Gasteiger partial charge in [-0.15, -0.1) is 0 Å². The molecule has 0 bridgehead atoms. The molecule has 0 fully saturated rings. The van der Waals surface area contributed by atoms with Crippen LogP contribution in [-0.4, -0.2) is 17.8 Å². The van der Waals surface area contributed by atoms with Crippen molar-refractivity contribution >= 4 is 23.5 Å². The highest BCUT2D eigenvalue weighted by molar-refractivity contribution is 5.96. The highest BCUT2D eigenvalue weighted by Gasteiger charge is 2.29. The Morgan fingerprint density at radius 2 is 1.62 bits per heavy atom. The summed E-state index contributed by atoms with van der Waals surface area (Å²) in [5, 5.41) is 13.7. The molecule has 1 aliphatic rings. The number of carbonyl (C=O) groups is 3. The first-order valence-electron chi connectivity index (χ1n) is 6.55. The van der Waals surface area contributed by atoms with Crippen LogP contribution in [0, 0.1) is 11.8 Å². The van der Waals surface area contributed by atoms with Crippen LogP contribution < -0.4 is 16.2 Å². The van der Waals surface area contributed by atoms with Gasteiger partial charge in [-0.2, -0.15) is 0 Å². The lowest BCUT2D eigenvalue weighted by molar-refractivity contribution is -0.313. The second-order valence-corrected chi connectivity index (χ2v) is 4.91. The summed E-state index contributed by atoms with van der Waals surface area (Å²) in [5.41, 5.74) is 5.94. The summed E-state index contributed by atoms with van der Waals surface area (Å²) in [4.78, 5) is 34.2. The fourth-order valence-electron chi connectivity index (χ4n) is 2.32. The van der Waals surface area contributed by atoms with E-state index in [-0.39, 0.29) is 5.91 Å². The lowest BCUT2D eigenvalue weighted by Gasteiger charge is -2.28. The highest BCUT2D eigenvalue weighted by atomic mass is 16.4. The van der Waals surface area contributed by atoms with Gasteiger partial charge in [0.2, 0.25) is 11.8 Å². The molecule has 0 aromatic heterocycles. The van der Waals surface area contributed by atoms with Gasteiger partial charge in [-0.25, -0.2) is 0 Å². The summed E-state index contributed by atoms with van der Waals surface area (Å²) in [6, 6.07) is 6.08. The SMILES string of the molecule is NC(=O)c1ccc(NC(=O)[C@H]2CC=CC[C@@H]2C(=O)[O-])cc1. The van der Waals surface area contributed by atoms with Crippen molar-refractivity contribution in [2.45, 2.75) is 12.8 Å². The molecule has 0 heterocycles. The Balaban J connectivity index is 2.08. The monoisotopic (exact) mass is 287 g/mol. The van der Waals surface area contributed by atoms with Gasteiger partial charge in [-0.05, 0) is 37.1 Å². The number of amides is 2. The van der Waals surface area contributed by atoms with E-state index in [1.807, 2.05) is 0 Å². The molecule has 1 aliphatic carbocycles. The topological polar surface area (TPSA) is 112 Å². The minimum atomic E-state index is -1.22. The predicted molar refractivity (Wildman–Crippen MR) is 74.0 cm³/mol. The van der Waals surface area contributed by atoms with Crippen molar-refractivity contribution in [1.82, 2.24) is 0 Å². The normalized spacial score (nSPS) is 20.8. The van der Waals surface area contributed by atoms with Gasteiger partial charge >= 0.3 is 0 Å². The number of carboxylic acids is 1. The standard InChI is InChI=1S/C15H16N2O4/c16-13(18)9-5-7-10(8-6-9)17-14(19)11-3-1-2-4-12(11)15(20)21/h1-2,5-8,11-12H,3-4H2,(H2,16,18)(H,17,19)(H,20,21)/p-1/t11-,12-/m0/s1. The van der Waals surface area contributed by atoms with Crippen molar-refractivity contribution < 1.29 is 19.5 Å². The number of primary amides is 1. The number of rotatable bonds is 4. The van der Waals surface area contributed by atoms with Gasteiger partial charge in [-0.1, -0.05) is 12.2 Å². The van der Waals surface area contributed by atoms with Crippen LogP contribution in [0.2, 0.25) is 0 Å². The summed E-state index contributed by atoms with van der Waals surface area (Å²) in [7, 11) is 0. The van der Waals surface area contributed by atoms with Crippen LogP contribution >= 0.6 is 0 Å². The minimum Gasteiger partial charge on any atom is -0.550 e. The molecular weight excluding hydrogens is 272 g/mol. The molecule has 0 spiro atoms. The molecule has 6 nitrogen and oxygen atoms in total. The molecule has 110 valence electrons. The smallest absolute Gasteiger partial charge is 0.248 e. The van der Waals surface area contributed by atoms with Crippen molar-refractivity contribution in [3.8, 4) is 0 Å². The molecule has 2 atom stereocenters. The Morgan fingerprint density at radius 1 is 1.05 bits per heavy atom. The van der Waals surface area contributed by atoms with Crippen LogP contribution in [-0.2, 0) is 9.59 Å². The number of nitrogens with one attached hydrogen (secondary N) is 1. The Morgan fingerprint density at radius 3 is 2.14 bits per heavy atom. The number of anilines is 1. The van der Waals surface area contributed by atoms with Crippen LogP contribution in [0.1, 0.15) is 23.2 Å². The molecule has 0 aliphatic heterocycles. The van der Waals surface area contributed by atoms with E-state index in [0.29, 0.717) is 24.1 Å². The molecule has 0 unspecified atom stereocenters. The van der Waals surface area contributed by atoms with E-state index < -0.39 is 23.7 Å². The summed E-state index contributed by atoms with van der Waals surface area (Å²) in [6.45, 7) is 0. The molecule has 0 saturated carbocycles. The average molecular weight is 287 g/mol. The van der Waals surface area contributed by atoms with Gasteiger partial charge in [0.1, 0.15) is 0 Å². The lowest BCUT2D eigenvalue weighted by atomic mass is 9.82. The van der Waals surface area contributed by atoms with Crippen LogP contribution in [0.25, 0.3) is 0 Å². The number of aliphatic carboxylic acids is 1. The third-order valence-corrected chi connectivity index (χ3v) is 3.51. The van der Waals surface area contributed by atoms with Gasteiger partial charge in [0.05, 0.1) is 5.92 Å². The number of nitrogens with two attached hydrogens (primary N) is 1. The second-order valence-electron chi connectivity index (χ2n) is 4.91. The van der Waals surface area contributed by atoms with Crippen LogP contribution in [0.3, 0.4) is 0 Å². The van der Waals surface area contributed by atoms with E-state index in [2.05, 4.69) is 5.32 Å². The van der Waals surface area contributed by atoms with Crippen LogP contribution in [0.15, 0.2) is 36.4 Å². The minimum absolute atomic E-state index is 0.293. The third kappa shape index (κ3) is 3.47. The van der Waals surface area contributed by atoms with E-state index in [1.54, 1.807) is 24.3 Å². The van der Waals surface area contributed by atoms with Gasteiger partial charge in [-0.3, -0.25) is 9.59 Å². The van der Waals surface area contributed by atoms with Gasteiger partial charge in [0.25, 0.3) is 0 Å². The zero-order chi connectivity index (χ0) is 15.4. The van der Waals surface area contributed by atoms with Crippen LogP contribution in [0.4, 0.5) is 5.69 Å². The van der Waals surface area contributed by atoms with Crippen molar-refractivity contribution in [2.75, 3.05) is 5.32 Å². The van der Waals surface area contributed by atoms with Gasteiger partial charge in [0.15, 0.2) is 0 Å². The summed E-state index contributed by atoms with van der Waals surface area (Å²) in [5.74, 6) is -3.62. The van der Waals surface area contributed by atoms with E-state index in [0.717, 1.165) is 0 Å². The van der Waals surface area contributed by atoms with Crippen LogP contribution in [0.5, 0.6) is 0 Å². The first-order valence-corrected chi connectivity index (χ1v) is 6.55. The van der Waals surface area contributed by atoms with Gasteiger partial charge < -0.3 is 21.0 Å². The van der Waals surface area contributed by atoms with Crippen molar-refractivity contribution in [3.05, 3.63) is 42.0 Å². The molecule has 1 aromatic carbocycles. The molecule has 2 rings (SSSR count). The van der Waals surface area contributed by atoms with Crippen molar-refractivity contribution in [3.63, 3.8) is 0 Å². The molecule has 3 N–H and O–H groups in total. The quantitative estimate of drug-likeness (QED) is 0.762. The third-order valence-electron chi connectivity index (χ3n) is 3.51. The first kappa shape index (κ1) is 14.8. The number of benzene rings is 1. The molecule has 21 heavy (non-hydrogen) atoms. The Kier molecular flexibility index (Phi) is 4.37. The maximum absolute atomic E-state index is 12.2. The zero-order valence-corrected chi connectivity index (χ0v) is 11.2.